The molecule has 2 nitrogen and oxygen atoms in total. The lowest BCUT2D eigenvalue weighted by Crippen LogP contribution is -1.99. The van der Waals surface area contributed by atoms with Crippen LogP contribution in [-0.4, -0.2) is 5.11 Å². The van der Waals surface area contributed by atoms with E-state index < -0.39 is 11.9 Å². The molecule has 20 heavy (non-hydrogen) atoms. The zero-order chi connectivity index (χ0) is 14.9. The number of para-hydroxylation sites is 1. The highest BCUT2D eigenvalue weighted by Crippen LogP contribution is 2.34. The normalized spacial score (nSPS) is 12.3. The molecule has 0 unspecified atom stereocenters. The molecule has 0 aliphatic heterocycles. The van der Waals surface area contributed by atoms with Crippen LogP contribution in [0.4, 0.5) is 4.39 Å². The van der Waals surface area contributed by atoms with E-state index in [1.54, 1.807) is 19.1 Å². The molecule has 0 aliphatic rings. The van der Waals surface area contributed by atoms with E-state index in [1.807, 2.05) is 26.0 Å². The quantitative estimate of drug-likeness (QED) is 0.848. The number of hydrogen-bond donors (Lipinski definition) is 1. The van der Waals surface area contributed by atoms with Crippen molar-refractivity contribution in [3.05, 3.63) is 57.3 Å². The summed E-state index contributed by atoms with van der Waals surface area (Å²) in [7, 11) is 0. The van der Waals surface area contributed by atoms with Crippen LogP contribution in [0.15, 0.2) is 34.8 Å². The Balaban J connectivity index is 2.45. The van der Waals surface area contributed by atoms with E-state index in [2.05, 4.69) is 15.9 Å². The van der Waals surface area contributed by atoms with Crippen LogP contribution in [0.25, 0.3) is 0 Å². The molecule has 0 amide bonds. The van der Waals surface area contributed by atoms with Crippen molar-refractivity contribution in [2.45, 2.75) is 26.9 Å². The minimum atomic E-state index is -0.793. The van der Waals surface area contributed by atoms with Crippen LogP contribution in [0.2, 0.25) is 0 Å². The van der Waals surface area contributed by atoms with E-state index in [-0.39, 0.29) is 5.75 Å². The van der Waals surface area contributed by atoms with Gasteiger partial charge in [-0.1, -0.05) is 28.1 Å². The van der Waals surface area contributed by atoms with Gasteiger partial charge in [-0.2, -0.15) is 0 Å². The third kappa shape index (κ3) is 3.02. The lowest BCUT2D eigenvalue weighted by molar-refractivity contribution is 0.194. The summed E-state index contributed by atoms with van der Waals surface area (Å²) in [5.41, 5.74) is 2.45. The fraction of sp³-hybridized carbons (Fsp3) is 0.250. The summed E-state index contributed by atoms with van der Waals surface area (Å²) in [4.78, 5) is 0. The molecule has 0 radical (unpaired) electrons. The van der Waals surface area contributed by atoms with Crippen LogP contribution in [0, 0.1) is 19.7 Å². The van der Waals surface area contributed by atoms with Gasteiger partial charge in [-0.15, -0.1) is 0 Å². The highest BCUT2D eigenvalue weighted by molar-refractivity contribution is 9.10. The van der Waals surface area contributed by atoms with Gasteiger partial charge in [-0.3, -0.25) is 0 Å². The second-order valence-electron chi connectivity index (χ2n) is 4.81. The van der Waals surface area contributed by atoms with Gasteiger partial charge in [-0.05, 0) is 50.1 Å². The number of aliphatic hydroxyl groups is 1. The third-order valence-corrected chi connectivity index (χ3v) is 4.33. The summed E-state index contributed by atoms with van der Waals surface area (Å²) >= 11 is 3.48. The molecular weight excluding hydrogens is 323 g/mol. The standard InChI is InChI=1S/C16H16BrFO2/c1-9-7-12(8-10(2)15(9)17)20-16-13(11(3)19)5-4-6-14(16)18/h4-8,11,19H,1-3H3/t11-/m0/s1. The van der Waals surface area contributed by atoms with Crippen molar-refractivity contribution < 1.29 is 14.2 Å². The first-order valence-electron chi connectivity index (χ1n) is 6.31. The van der Waals surface area contributed by atoms with Gasteiger partial charge >= 0.3 is 0 Å². The largest absolute Gasteiger partial charge is 0.454 e. The molecule has 0 aromatic heterocycles. The van der Waals surface area contributed by atoms with E-state index >= 15 is 0 Å². The minimum absolute atomic E-state index is 0.0728. The van der Waals surface area contributed by atoms with Gasteiger partial charge in [0.25, 0.3) is 0 Å². The Morgan fingerprint density at radius 2 is 1.80 bits per heavy atom. The molecule has 0 spiro atoms. The summed E-state index contributed by atoms with van der Waals surface area (Å²) in [5.74, 6) is 0.139. The van der Waals surface area contributed by atoms with E-state index in [0.717, 1.165) is 15.6 Å². The molecule has 0 bridgehead atoms. The number of ether oxygens (including phenoxy) is 1. The molecule has 2 rings (SSSR count). The average Bonchev–Trinajstić information content (AvgIpc) is 2.38. The maximum atomic E-state index is 13.9. The molecule has 2 aromatic carbocycles. The molecule has 0 aliphatic carbocycles. The monoisotopic (exact) mass is 338 g/mol. The molecule has 2 aromatic rings. The zero-order valence-electron chi connectivity index (χ0n) is 11.6. The Kier molecular flexibility index (Phi) is 4.45. The first-order chi connectivity index (χ1) is 9.40. The van der Waals surface area contributed by atoms with Crippen LogP contribution in [0.1, 0.15) is 29.7 Å². The number of rotatable bonds is 3. The summed E-state index contributed by atoms with van der Waals surface area (Å²) in [6.45, 7) is 5.47. The number of hydrogen-bond acceptors (Lipinski definition) is 2. The predicted octanol–water partition coefficient (Wildman–Crippen LogP) is 5.05. The van der Waals surface area contributed by atoms with E-state index in [1.165, 1.54) is 6.07 Å². The lowest BCUT2D eigenvalue weighted by Gasteiger charge is -2.15. The highest BCUT2D eigenvalue weighted by atomic mass is 79.9. The van der Waals surface area contributed by atoms with Crippen molar-refractivity contribution in [2.24, 2.45) is 0 Å². The van der Waals surface area contributed by atoms with Gasteiger partial charge in [-0.25, -0.2) is 4.39 Å². The number of benzene rings is 2. The molecule has 0 saturated heterocycles. The van der Waals surface area contributed by atoms with Crippen molar-refractivity contribution in [2.75, 3.05) is 0 Å². The summed E-state index contributed by atoms with van der Waals surface area (Å²) in [6, 6.07) is 8.19. The maximum absolute atomic E-state index is 13.9. The summed E-state index contributed by atoms with van der Waals surface area (Å²) in [5, 5.41) is 9.71. The van der Waals surface area contributed by atoms with Crippen molar-refractivity contribution in [1.82, 2.24) is 0 Å². The van der Waals surface area contributed by atoms with Gasteiger partial charge < -0.3 is 9.84 Å². The van der Waals surface area contributed by atoms with Crippen molar-refractivity contribution in [1.29, 1.82) is 0 Å². The van der Waals surface area contributed by atoms with Crippen molar-refractivity contribution >= 4 is 15.9 Å². The topological polar surface area (TPSA) is 29.5 Å². The Morgan fingerprint density at radius 1 is 1.20 bits per heavy atom. The fourth-order valence-corrected chi connectivity index (χ4v) is 2.27. The fourth-order valence-electron chi connectivity index (χ4n) is 2.05. The Labute approximate surface area is 126 Å². The first kappa shape index (κ1) is 15.0. The third-order valence-electron chi connectivity index (χ3n) is 3.08. The maximum Gasteiger partial charge on any atom is 0.168 e. The van der Waals surface area contributed by atoms with Crippen LogP contribution in [0.5, 0.6) is 11.5 Å². The Morgan fingerprint density at radius 3 is 2.35 bits per heavy atom. The molecule has 0 fully saturated rings. The minimum Gasteiger partial charge on any atom is -0.454 e. The van der Waals surface area contributed by atoms with Crippen LogP contribution < -0.4 is 4.74 Å². The van der Waals surface area contributed by atoms with Crippen LogP contribution in [0.3, 0.4) is 0 Å². The molecular formula is C16H16BrFO2. The molecule has 0 heterocycles. The van der Waals surface area contributed by atoms with Crippen LogP contribution >= 0.6 is 15.9 Å². The van der Waals surface area contributed by atoms with E-state index in [9.17, 15) is 9.50 Å². The first-order valence-corrected chi connectivity index (χ1v) is 7.10. The molecule has 106 valence electrons. The Hall–Kier alpha value is -1.39. The van der Waals surface area contributed by atoms with Gasteiger partial charge in [0.05, 0.1) is 6.10 Å². The number of aryl methyl sites for hydroxylation is 2. The molecule has 1 N–H and O–H groups in total. The molecule has 0 saturated carbocycles. The van der Waals surface area contributed by atoms with Crippen LogP contribution in [-0.2, 0) is 0 Å². The lowest BCUT2D eigenvalue weighted by atomic mass is 10.1. The number of halogens is 2. The average molecular weight is 339 g/mol. The van der Waals surface area contributed by atoms with E-state index in [0.29, 0.717) is 11.3 Å². The van der Waals surface area contributed by atoms with Gasteiger partial charge in [0.1, 0.15) is 5.75 Å². The van der Waals surface area contributed by atoms with Crippen molar-refractivity contribution in [3.8, 4) is 11.5 Å². The van der Waals surface area contributed by atoms with Gasteiger partial charge in [0.15, 0.2) is 11.6 Å². The highest BCUT2D eigenvalue weighted by Gasteiger charge is 2.15. The Bertz CT molecular complexity index is 615. The van der Waals surface area contributed by atoms with Gasteiger partial charge in [0.2, 0.25) is 0 Å². The zero-order valence-corrected chi connectivity index (χ0v) is 13.2. The summed E-state index contributed by atoms with van der Waals surface area (Å²) < 4.78 is 20.6. The molecule has 1 atom stereocenters. The second-order valence-corrected chi connectivity index (χ2v) is 5.60. The van der Waals surface area contributed by atoms with Gasteiger partial charge in [0, 0.05) is 10.0 Å². The van der Waals surface area contributed by atoms with E-state index in [4.69, 9.17) is 4.74 Å². The predicted molar refractivity (Wildman–Crippen MR) is 80.7 cm³/mol. The SMILES string of the molecule is Cc1cc(Oc2c(F)cccc2[C@H](C)O)cc(C)c1Br. The smallest absolute Gasteiger partial charge is 0.168 e. The summed E-state index contributed by atoms with van der Waals surface area (Å²) in [6.07, 6.45) is -0.793. The number of aliphatic hydroxyl groups excluding tert-OH is 1. The van der Waals surface area contributed by atoms with Crippen molar-refractivity contribution in [3.63, 3.8) is 0 Å². The molecule has 4 heteroatoms. The second kappa shape index (κ2) is 5.94.